The van der Waals surface area contributed by atoms with Gasteiger partial charge in [-0.05, 0) is 5.56 Å². The molecule has 1 N–H and O–H groups in total. The Hall–Kier alpha value is -1.59. The van der Waals surface area contributed by atoms with E-state index in [9.17, 15) is 0 Å². The Labute approximate surface area is 123 Å². The van der Waals surface area contributed by atoms with Crippen LogP contribution in [0.25, 0.3) is 0 Å². The second-order valence-corrected chi connectivity index (χ2v) is 5.61. The maximum absolute atomic E-state index is 5.62. The third kappa shape index (κ3) is 2.39. The van der Waals surface area contributed by atoms with Crippen molar-refractivity contribution in [1.29, 1.82) is 0 Å². The summed E-state index contributed by atoms with van der Waals surface area (Å²) in [6.07, 6.45) is -0.223. The minimum atomic E-state index is -0.223. The van der Waals surface area contributed by atoms with Gasteiger partial charge in [0.15, 0.2) is 5.82 Å². The van der Waals surface area contributed by atoms with Crippen molar-refractivity contribution in [3.8, 4) is 0 Å². The van der Waals surface area contributed by atoms with E-state index in [0.29, 0.717) is 0 Å². The molecule has 0 aliphatic carbocycles. The first-order valence-electron chi connectivity index (χ1n) is 6.56. The lowest BCUT2D eigenvalue weighted by Crippen LogP contribution is -2.12. The van der Waals surface area contributed by atoms with E-state index in [4.69, 9.17) is 9.72 Å². The zero-order chi connectivity index (χ0) is 13.9. The van der Waals surface area contributed by atoms with E-state index in [0.717, 1.165) is 34.4 Å². The number of hydrogen-bond donors (Lipinski definition) is 1. The first-order chi connectivity index (χ1) is 9.83. The highest BCUT2D eigenvalue weighted by Crippen LogP contribution is 2.34. The normalized spacial score (nSPS) is 14.9. The third-order valence-electron chi connectivity index (χ3n) is 3.40. The lowest BCUT2D eigenvalue weighted by molar-refractivity contribution is 0.129. The topological polar surface area (TPSA) is 47.0 Å². The number of anilines is 1. The number of aromatic nitrogens is 2. The van der Waals surface area contributed by atoms with Crippen LogP contribution in [-0.4, -0.2) is 24.1 Å². The molecule has 0 radical (unpaired) electrons. The number of thioether (sulfide) groups is 1. The molecule has 0 saturated carbocycles. The zero-order valence-electron chi connectivity index (χ0n) is 11.6. The lowest BCUT2D eigenvalue weighted by Gasteiger charge is -2.17. The van der Waals surface area contributed by atoms with Crippen LogP contribution in [0.3, 0.4) is 0 Å². The SMILES string of the molecule is CNc1nc(C(OC)c2ccccc2)nc2c1CSC2. The van der Waals surface area contributed by atoms with Crippen molar-refractivity contribution in [2.75, 3.05) is 19.5 Å². The van der Waals surface area contributed by atoms with Gasteiger partial charge >= 0.3 is 0 Å². The third-order valence-corrected chi connectivity index (χ3v) is 4.37. The van der Waals surface area contributed by atoms with Gasteiger partial charge in [0.1, 0.15) is 11.9 Å². The maximum Gasteiger partial charge on any atom is 0.164 e. The van der Waals surface area contributed by atoms with Gasteiger partial charge in [-0.25, -0.2) is 9.97 Å². The summed E-state index contributed by atoms with van der Waals surface area (Å²) in [7, 11) is 3.60. The van der Waals surface area contributed by atoms with E-state index in [-0.39, 0.29) is 6.10 Å². The van der Waals surface area contributed by atoms with Crippen molar-refractivity contribution in [2.45, 2.75) is 17.6 Å². The summed E-state index contributed by atoms with van der Waals surface area (Å²) >= 11 is 1.87. The number of hydrogen-bond acceptors (Lipinski definition) is 5. The molecule has 1 aromatic carbocycles. The van der Waals surface area contributed by atoms with Crippen molar-refractivity contribution in [2.24, 2.45) is 0 Å². The summed E-state index contributed by atoms with van der Waals surface area (Å²) in [6, 6.07) is 10.1. The number of methoxy groups -OCH3 is 1. The average Bonchev–Trinajstić information content (AvgIpc) is 2.97. The van der Waals surface area contributed by atoms with E-state index >= 15 is 0 Å². The Balaban J connectivity index is 2.05. The number of ether oxygens (including phenoxy) is 1. The van der Waals surface area contributed by atoms with Crippen LogP contribution in [0.15, 0.2) is 30.3 Å². The Morgan fingerprint density at radius 3 is 2.70 bits per heavy atom. The van der Waals surface area contributed by atoms with Crippen LogP contribution < -0.4 is 5.32 Å². The molecule has 4 nitrogen and oxygen atoms in total. The molecule has 1 aliphatic heterocycles. The molecule has 1 unspecified atom stereocenters. The average molecular weight is 287 g/mol. The predicted molar refractivity (Wildman–Crippen MR) is 81.9 cm³/mol. The van der Waals surface area contributed by atoms with Crippen LogP contribution in [0.4, 0.5) is 5.82 Å². The molecule has 0 fully saturated rings. The van der Waals surface area contributed by atoms with Gasteiger partial charge in [0.05, 0.1) is 5.69 Å². The fraction of sp³-hybridized carbons (Fsp3) is 0.333. The predicted octanol–water partition coefficient (Wildman–Crippen LogP) is 3.00. The standard InChI is InChI=1S/C15H17N3OS/c1-16-14-11-8-20-9-12(11)17-15(18-14)13(19-2)10-6-4-3-5-7-10/h3-7,13H,8-9H2,1-2H3,(H,16,17,18). The van der Waals surface area contributed by atoms with Crippen LogP contribution in [0.1, 0.15) is 28.7 Å². The summed E-state index contributed by atoms with van der Waals surface area (Å²) in [5, 5.41) is 3.18. The summed E-state index contributed by atoms with van der Waals surface area (Å²) in [6.45, 7) is 0. The molecule has 104 valence electrons. The van der Waals surface area contributed by atoms with Gasteiger partial charge in [-0.2, -0.15) is 11.8 Å². The minimum absolute atomic E-state index is 0.223. The highest BCUT2D eigenvalue weighted by molar-refractivity contribution is 7.98. The zero-order valence-corrected chi connectivity index (χ0v) is 12.4. The van der Waals surface area contributed by atoms with Gasteiger partial charge in [-0.1, -0.05) is 30.3 Å². The quantitative estimate of drug-likeness (QED) is 0.936. The molecule has 5 heteroatoms. The van der Waals surface area contributed by atoms with Gasteiger partial charge in [0.2, 0.25) is 0 Å². The molecule has 2 heterocycles. The summed E-state index contributed by atoms with van der Waals surface area (Å²) in [5.74, 6) is 3.58. The van der Waals surface area contributed by atoms with Gasteiger partial charge in [0.25, 0.3) is 0 Å². The Kier molecular flexibility index (Phi) is 3.89. The largest absolute Gasteiger partial charge is 0.373 e. The van der Waals surface area contributed by atoms with E-state index < -0.39 is 0 Å². The molecule has 0 bridgehead atoms. The number of fused-ring (bicyclic) bond motifs is 1. The Bertz CT molecular complexity index is 604. The van der Waals surface area contributed by atoms with Gasteiger partial charge in [-0.3, -0.25) is 0 Å². The van der Waals surface area contributed by atoms with Crippen LogP contribution in [0.5, 0.6) is 0 Å². The van der Waals surface area contributed by atoms with E-state index in [1.54, 1.807) is 7.11 Å². The van der Waals surface area contributed by atoms with Gasteiger partial charge in [-0.15, -0.1) is 0 Å². The fourth-order valence-electron chi connectivity index (χ4n) is 2.41. The molecular formula is C15H17N3OS. The highest BCUT2D eigenvalue weighted by atomic mass is 32.2. The van der Waals surface area contributed by atoms with E-state index in [1.807, 2.05) is 49.1 Å². The van der Waals surface area contributed by atoms with Crippen molar-refractivity contribution < 1.29 is 4.74 Å². The van der Waals surface area contributed by atoms with Crippen LogP contribution in [0, 0.1) is 0 Å². The number of nitrogens with zero attached hydrogens (tertiary/aromatic N) is 2. The molecule has 0 saturated heterocycles. The molecular weight excluding hydrogens is 270 g/mol. The van der Waals surface area contributed by atoms with Gasteiger partial charge in [0, 0.05) is 31.2 Å². The number of nitrogens with one attached hydrogen (secondary N) is 1. The molecule has 3 rings (SSSR count). The van der Waals surface area contributed by atoms with Crippen molar-refractivity contribution in [1.82, 2.24) is 9.97 Å². The molecule has 1 aliphatic rings. The fourth-order valence-corrected chi connectivity index (χ4v) is 3.45. The number of rotatable bonds is 4. The summed E-state index contributed by atoms with van der Waals surface area (Å²) in [4.78, 5) is 9.36. The molecule has 20 heavy (non-hydrogen) atoms. The van der Waals surface area contributed by atoms with E-state index in [2.05, 4.69) is 10.3 Å². The first-order valence-corrected chi connectivity index (χ1v) is 7.72. The monoisotopic (exact) mass is 287 g/mol. The minimum Gasteiger partial charge on any atom is -0.373 e. The summed E-state index contributed by atoms with van der Waals surface area (Å²) < 4.78 is 5.62. The van der Waals surface area contributed by atoms with Crippen molar-refractivity contribution in [3.05, 3.63) is 53.0 Å². The van der Waals surface area contributed by atoms with Crippen LogP contribution in [0.2, 0.25) is 0 Å². The smallest absolute Gasteiger partial charge is 0.164 e. The van der Waals surface area contributed by atoms with Crippen molar-refractivity contribution >= 4 is 17.6 Å². The van der Waals surface area contributed by atoms with Crippen LogP contribution in [-0.2, 0) is 16.2 Å². The second-order valence-electron chi connectivity index (χ2n) is 4.62. The molecule has 1 aromatic heterocycles. The molecule has 2 aromatic rings. The maximum atomic E-state index is 5.62. The molecule has 0 amide bonds. The lowest BCUT2D eigenvalue weighted by atomic mass is 10.1. The van der Waals surface area contributed by atoms with Crippen molar-refractivity contribution in [3.63, 3.8) is 0 Å². The summed E-state index contributed by atoms with van der Waals surface area (Å²) in [5.41, 5.74) is 3.43. The Morgan fingerprint density at radius 1 is 1.20 bits per heavy atom. The second kappa shape index (κ2) is 5.81. The number of benzene rings is 1. The molecule has 1 atom stereocenters. The van der Waals surface area contributed by atoms with Crippen LogP contribution >= 0.6 is 11.8 Å². The Morgan fingerprint density at radius 2 is 2.00 bits per heavy atom. The first kappa shape index (κ1) is 13.4. The van der Waals surface area contributed by atoms with Gasteiger partial charge < -0.3 is 10.1 Å². The van der Waals surface area contributed by atoms with E-state index in [1.165, 1.54) is 5.56 Å². The highest BCUT2D eigenvalue weighted by Gasteiger charge is 2.23. The molecule has 0 spiro atoms.